The molecule has 1 aromatic heterocycles. The summed E-state index contributed by atoms with van der Waals surface area (Å²) in [6.45, 7) is 6.97. The zero-order chi connectivity index (χ0) is 16.3. The number of rotatable bonds is 7. The van der Waals surface area contributed by atoms with Crippen LogP contribution in [0.15, 0.2) is 30.8 Å². The van der Waals surface area contributed by atoms with E-state index in [0.717, 1.165) is 16.6 Å². The highest BCUT2D eigenvalue weighted by Gasteiger charge is 2.13. The first kappa shape index (κ1) is 16.9. The fourth-order valence-corrected chi connectivity index (χ4v) is 3.28. The summed E-state index contributed by atoms with van der Waals surface area (Å²) in [5.41, 5.74) is 1.85. The molecule has 0 aliphatic rings. The van der Waals surface area contributed by atoms with Gasteiger partial charge in [0.2, 0.25) is 0 Å². The molecule has 22 heavy (non-hydrogen) atoms. The number of nitrogens with zero attached hydrogens (tertiary/aromatic N) is 1. The van der Waals surface area contributed by atoms with Gasteiger partial charge in [0.05, 0.1) is 18.1 Å². The second kappa shape index (κ2) is 6.75. The van der Waals surface area contributed by atoms with Crippen LogP contribution in [0.2, 0.25) is 5.02 Å². The molecule has 0 unspecified atom stereocenters. The minimum atomic E-state index is -2.97. The highest BCUT2D eigenvalue weighted by Crippen LogP contribution is 2.27. The number of hydrogen-bond donors (Lipinski definition) is 0. The van der Waals surface area contributed by atoms with E-state index in [1.165, 1.54) is 6.26 Å². The Labute approximate surface area is 136 Å². The van der Waals surface area contributed by atoms with Crippen LogP contribution in [0.25, 0.3) is 16.7 Å². The minimum absolute atomic E-state index is 0.154. The monoisotopic (exact) mass is 341 g/mol. The lowest BCUT2D eigenvalue weighted by Crippen LogP contribution is -2.09. The molecule has 0 fully saturated rings. The van der Waals surface area contributed by atoms with Crippen molar-refractivity contribution in [2.24, 2.45) is 0 Å². The van der Waals surface area contributed by atoms with Crippen molar-refractivity contribution in [2.75, 3.05) is 18.6 Å². The molecule has 0 atom stereocenters. The molecule has 0 radical (unpaired) electrons. The third-order valence-electron chi connectivity index (χ3n) is 3.36. The Morgan fingerprint density at radius 3 is 2.73 bits per heavy atom. The van der Waals surface area contributed by atoms with Crippen LogP contribution in [-0.2, 0) is 21.1 Å². The molecule has 1 aromatic carbocycles. The fraction of sp³-hybridized carbons (Fsp3) is 0.375. The highest BCUT2D eigenvalue weighted by molar-refractivity contribution is 7.90. The van der Waals surface area contributed by atoms with Crippen LogP contribution in [0.5, 0.6) is 0 Å². The van der Waals surface area contributed by atoms with Crippen LogP contribution < -0.4 is 0 Å². The van der Waals surface area contributed by atoms with Gasteiger partial charge in [0.25, 0.3) is 0 Å². The van der Waals surface area contributed by atoms with Crippen molar-refractivity contribution in [3.05, 3.63) is 41.6 Å². The molecule has 0 bridgehead atoms. The van der Waals surface area contributed by atoms with Crippen LogP contribution in [0.1, 0.15) is 19.0 Å². The van der Waals surface area contributed by atoms with E-state index < -0.39 is 9.84 Å². The first-order chi connectivity index (χ1) is 10.3. The summed E-state index contributed by atoms with van der Waals surface area (Å²) in [5, 5.41) is 1.65. The molecule has 0 amide bonds. The third kappa shape index (κ3) is 4.05. The Kier molecular flexibility index (Phi) is 5.19. The average molecular weight is 342 g/mol. The summed E-state index contributed by atoms with van der Waals surface area (Å²) in [4.78, 5) is 0. The van der Waals surface area contributed by atoms with E-state index >= 15 is 0 Å². The molecular formula is C16H20ClNO3S. The molecule has 2 rings (SSSR count). The van der Waals surface area contributed by atoms with E-state index in [9.17, 15) is 8.42 Å². The summed E-state index contributed by atoms with van der Waals surface area (Å²) < 4.78 is 30.2. The van der Waals surface area contributed by atoms with Gasteiger partial charge in [0.15, 0.2) is 0 Å². The molecule has 1 heterocycles. The lowest BCUT2D eigenvalue weighted by molar-refractivity contribution is 0.296. The quantitative estimate of drug-likeness (QED) is 0.721. The highest BCUT2D eigenvalue weighted by atomic mass is 35.5. The maximum Gasteiger partial charge on any atom is 0.147 e. The summed E-state index contributed by atoms with van der Waals surface area (Å²) in [5.74, 6) is 0.732. The van der Waals surface area contributed by atoms with Crippen LogP contribution >= 0.6 is 11.6 Å². The van der Waals surface area contributed by atoms with Gasteiger partial charge in [-0.1, -0.05) is 18.2 Å². The van der Waals surface area contributed by atoms with E-state index in [0.29, 0.717) is 30.4 Å². The number of ether oxygens (including phenoxy) is 1. The molecule has 0 N–H and O–H groups in total. The maximum absolute atomic E-state index is 11.3. The van der Waals surface area contributed by atoms with E-state index in [2.05, 4.69) is 6.58 Å². The molecule has 0 aliphatic heterocycles. The molecule has 0 spiro atoms. The summed E-state index contributed by atoms with van der Waals surface area (Å²) >= 11 is 6.04. The molecule has 2 aromatic rings. The number of sulfone groups is 1. The zero-order valence-electron chi connectivity index (χ0n) is 12.8. The Balaban J connectivity index is 2.39. The van der Waals surface area contributed by atoms with Gasteiger partial charge in [-0.2, -0.15) is 0 Å². The van der Waals surface area contributed by atoms with Gasteiger partial charge in [0, 0.05) is 28.7 Å². The second-order valence-electron chi connectivity index (χ2n) is 5.22. The normalized spacial score (nSPS) is 11.8. The molecule has 120 valence electrons. The Morgan fingerprint density at radius 1 is 1.36 bits per heavy atom. The first-order valence-corrected chi connectivity index (χ1v) is 9.54. The molecular weight excluding hydrogens is 322 g/mol. The number of hydrogen-bond acceptors (Lipinski definition) is 3. The van der Waals surface area contributed by atoms with Crippen molar-refractivity contribution < 1.29 is 13.2 Å². The predicted octanol–water partition coefficient (Wildman–Crippen LogP) is 3.74. The standard InChI is InChI=1S/C16H20ClNO3S/c1-4-21-12(2)16-11-13-10-14(17)6-7-15(13)18(16)8-5-9-22(3,19)20/h6-7,10-11H,2,4-5,8-9H2,1,3H3. The van der Waals surface area contributed by atoms with E-state index in [1.54, 1.807) is 0 Å². The predicted molar refractivity (Wildman–Crippen MR) is 91.9 cm³/mol. The Hall–Kier alpha value is -1.46. The number of benzene rings is 1. The molecule has 0 saturated carbocycles. The molecule has 0 saturated heterocycles. The number of aryl methyl sites for hydroxylation is 1. The van der Waals surface area contributed by atoms with E-state index in [4.69, 9.17) is 16.3 Å². The van der Waals surface area contributed by atoms with Gasteiger partial charge in [0.1, 0.15) is 15.6 Å². The van der Waals surface area contributed by atoms with E-state index in [-0.39, 0.29) is 5.75 Å². The molecule has 0 aliphatic carbocycles. The summed E-state index contributed by atoms with van der Waals surface area (Å²) in [7, 11) is -2.97. The number of halogens is 1. The number of fused-ring (bicyclic) bond motifs is 1. The SMILES string of the molecule is C=C(OCC)c1cc2cc(Cl)ccc2n1CCCS(C)(=O)=O. The van der Waals surface area contributed by atoms with Crippen LogP contribution in [0, 0.1) is 0 Å². The van der Waals surface area contributed by atoms with Gasteiger partial charge in [-0.05, 0) is 37.6 Å². The fourth-order valence-electron chi connectivity index (χ4n) is 2.45. The second-order valence-corrected chi connectivity index (χ2v) is 7.92. The molecule has 6 heteroatoms. The van der Waals surface area contributed by atoms with Gasteiger partial charge in [-0.3, -0.25) is 0 Å². The topological polar surface area (TPSA) is 48.3 Å². The van der Waals surface area contributed by atoms with Gasteiger partial charge in [-0.25, -0.2) is 8.42 Å². The maximum atomic E-state index is 11.3. The minimum Gasteiger partial charge on any atom is -0.492 e. The Bertz CT molecular complexity index is 793. The summed E-state index contributed by atoms with van der Waals surface area (Å²) in [6, 6.07) is 7.61. The van der Waals surface area contributed by atoms with E-state index in [1.807, 2.05) is 35.8 Å². The van der Waals surface area contributed by atoms with Crippen molar-refractivity contribution >= 4 is 38.1 Å². The van der Waals surface area contributed by atoms with Gasteiger partial charge < -0.3 is 9.30 Å². The summed E-state index contributed by atoms with van der Waals surface area (Å²) in [6.07, 6.45) is 1.79. The lowest BCUT2D eigenvalue weighted by atomic mass is 10.2. The zero-order valence-corrected chi connectivity index (χ0v) is 14.4. The van der Waals surface area contributed by atoms with Crippen LogP contribution in [0.3, 0.4) is 0 Å². The smallest absolute Gasteiger partial charge is 0.147 e. The third-order valence-corrected chi connectivity index (χ3v) is 4.63. The van der Waals surface area contributed by atoms with Gasteiger partial charge in [-0.15, -0.1) is 0 Å². The lowest BCUT2D eigenvalue weighted by Gasteiger charge is -2.12. The van der Waals surface area contributed by atoms with Crippen LogP contribution in [0.4, 0.5) is 0 Å². The largest absolute Gasteiger partial charge is 0.492 e. The van der Waals surface area contributed by atoms with Gasteiger partial charge >= 0.3 is 0 Å². The van der Waals surface area contributed by atoms with Crippen molar-refractivity contribution in [2.45, 2.75) is 19.9 Å². The first-order valence-electron chi connectivity index (χ1n) is 7.10. The van der Waals surface area contributed by atoms with Crippen molar-refractivity contribution in [1.29, 1.82) is 0 Å². The molecule has 4 nitrogen and oxygen atoms in total. The van der Waals surface area contributed by atoms with Crippen LogP contribution in [-0.4, -0.2) is 31.6 Å². The van der Waals surface area contributed by atoms with Crippen molar-refractivity contribution in [1.82, 2.24) is 4.57 Å². The number of aromatic nitrogens is 1. The van der Waals surface area contributed by atoms with Crippen molar-refractivity contribution in [3.8, 4) is 0 Å². The Morgan fingerprint density at radius 2 is 2.09 bits per heavy atom. The average Bonchev–Trinajstić information content (AvgIpc) is 2.76. The van der Waals surface area contributed by atoms with Crippen molar-refractivity contribution in [3.63, 3.8) is 0 Å².